The number of quaternary nitrogens is 1. The summed E-state index contributed by atoms with van der Waals surface area (Å²) in [5.41, 5.74) is 0.409. The van der Waals surface area contributed by atoms with Gasteiger partial charge in [0.1, 0.15) is 18.1 Å². The fourth-order valence-corrected chi connectivity index (χ4v) is 2.20. The van der Waals surface area contributed by atoms with Gasteiger partial charge >= 0.3 is 0 Å². The van der Waals surface area contributed by atoms with Crippen molar-refractivity contribution in [2.45, 2.75) is 18.5 Å². The van der Waals surface area contributed by atoms with Crippen LogP contribution in [0.25, 0.3) is 0 Å². The smallest absolute Gasteiger partial charge is 0.117 e. The van der Waals surface area contributed by atoms with E-state index in [1.54, 1.807) is 0 Å². The molecule has 1 aliphatic rings. The molecule has 1 aliphatic heterocycles. The molecule has 0 unspecified atom stereocenters. The second kappa shape index (κ2) is 5.02. The lowest BCUT2D eigenvalue weighted by Gasteiger charge is -2.26. The Balaban J connectivity index is 0.00000121. The fourth-order valence-electron chi connectivity index (χ4n) is 1.30. The highest BCUT2D eigenvalue weighted by molar-refractivity contribution is 7.99. The van der Waals surface area contributed by atoms with Crippen molar-refractivity contribution in [3.05, 3.63) is 0 Å². The number of likely N-dealkylation sites (N-methyl/N-ethyl adjacent to an activating group) is 1. The molecule has 12 heavy (non-hydrogen) atoms. The van der Waals surface area contributed by atoms with Crippen LogP contribution in [0.5, 0.6) is 0 Å². The van der Waals surface area contributed by atoms with Gasteiger partial charge in [-0.25, -0.2) is 0 Å². The molecule has 0 N–H and O–H groups in total. The number of nitrogens with zero attached hydrogens (tertiary/aromatic N) is 1. The fraction of sp³-hybridized carbons (Fsp3) is 1.00. The van der Waals surface area contributed by atoms with Crippen LogP contribution in [-0.2, 0) is 4.74 Å². The third kappa shape index (κ3) is 4.89. The SMILES string of the molecule is C[C@@H]1O[C@H](C[N+](C)(C)C)CS1.[I-]. The van der Waals surface area contributed by atoms with E-state index in [4.69, 9.17) is 4.74 Å². The standard InChI is InChI=1S/C8H18NOS.HI/c1-7-10-8(6-11-7)5-9(2,3)4;/h7-8H,5-6H2,1-4H3;1H/q+1;/p-1/t7-,8-;/m1./s1. The Kier molecular flexibility index (Phi) is 5.44. The minimum Gasteiger partial charge on any atom is -1.00 e. The van der Waals surface area contributed by atoms with Crippen LogP contribution in [0.15, 0.2) is 0 Å². The van der Waals surface area contributed by atoms with Crippen LogP contribution in [0, 0.1) is 0 Å². The zero-order valence-electron chi connectivity index (χ0n) is 8.21. The van der Waals surface area contributed by atoms with Crippen molar-refractivity contribution in [3.8, 4) is 0 Å². The summed E-state index contributed by atoms with van der Waals surface area (Å²) in [5.74, 6) is 1.16. The van der Waals surface area contributed by atoms with Crippen LogP contribution in [-0.4, -0.2) is 49.5 Å². The van der Waals surface area contributed by atoms with Crippen molar-refractivity contribution in [2.75, 3.05) is 33.4 Å². The predicted octanol–water partition coefficient (Wildman–Crippen LogP) is -1.83. The molecule has 1 fully saturated rings. The van der Waals surface area contributed by atoms with Gasteiger partial charge in [-0.2, -0.15) is 0 Å². The van der Waals surface area contributed by atoms with Crippen LogP contribution >= 0.6 is 11.8 Å². The van der Waals surface area contributed by atoms with Crippen molar-refractivity contribution in [1.82, 2.24) is 0 Å². The number of rotatable bonds is 2. The normalized spacial score (nSPS) is 30.0. The lowest BCUT2D eigenvalue weighted by Crippen LogP contribution is -3.00. The minimum atomic E-state index is 0. The average molecular weight is 303 g/mol. The molecule has 0 aliphatic carbocycles. The van der Waals surface area contributed by atoms with Crippen molar-refractivity contribution in [1.29, 1.82) is 0 Å². The van der Waals surface area contributed by atoms with E-state index in [0.29, 0.717) is 11.5 Å². The summed E-state index contributed by atoms with van der Waals surface area (Å²) in [6, 6.07) is 0. The molecule has 2 atom stereocenters. The van der Waals surface area contributed by atoms with Gasteiger partial charge in [0.05, 0.1) is 21.1 Å². The van der Waals surface area contributed by atoms with Crippen molar-refractivity contribution in [3.63, 3.8) is 0 Å². The number of thioether (sulfide) groups is 1. The van der Waals surface area contributed by atoms with Gasteiger partial charge in [-0.15, -0.1) is 11.8 Å². The van der Waals surface area contributed by atoms with Crippen LogP contribution in [0.3, 0.4) is 0 Å². The highest BCUT2D eigenvalue weighted by Gasteiger charge is 2.26. The van der Waals surface area contributed by atoms with Gasteiger partial charge < -0.3 is 33.2 Å². The summed E-state index contributed by atoms with van der Waals surface area (Å²) >= 11 is 1.91. The first-order valence-electron chi connectivity index (χ1n) is 4.05. The lowest BCUT2D eigenvalue weighted by molar-refractivity contribution is -0.873. The van der Waals surface area contributed by atoms with E-state index in [1.807, 2.05) is 11.8 Å². The van der Waals surface area contributed by atoms with E-state index >= 15 is 0 Å². The topological polar surface area (TPSA) is 9.23 Å². The second-order valence-corrected chi connectivity index (χ2v) is 5.46. The third-order valence-corrected chi connectivity index (χ3v) is 2.80. The van der Waals surface area contributed by atoms with Gasteiger partial charge in [0, 0.05) is 5.75 Å². The summed E-state index contributed by atoms with van der Waals surface area (Å²) in [7, 11) is 6.62. The Labute approximate surface area is 96.6 Å². The molecule has 0 aromatic carbocycles. The van der Waals surface area contributed by atoms with Gasteiger partial charge in [0.2, 0.25) is 0 Å². The van der Waals surface area contributed by atoms with E-state index in [0.717, 1.165) is 16.8 Å². The van der Waals surface area contributed by atoms with E-state index < -0.39 is 0 Å². The molecule has 4 heteroatoms. The predicted molar refractivity (Wildman–Crippen MR) is 49.7 cm³/mol. The van der Waals surface area contributed by atoms with E-state index in [2.05, 4.69) is 28.1 Å². The van der Waals surface area contributed by atoms with Gasteiger partial charge in [-0.05, 0) is 6.92 Å². The van der Waals surface area contributed by atoms with Crippen LogP contribution in [0.4, 0.5) is 0 Å². The van der Waals surface area contributed by atoms with Crippen LogP contribution in [0.1, 0.15) is 6.92 Å². The summed E-state index contributed by atoms with van der Waals surface area (Å²) in [6.45, 7) is 3.25. The van der Waals surface area contributed by atoms with Gasteiger partial charge in [-0.3, -0.25) is 0 Å². The maximum atomic E-state index is 5.68. The molecule has 2 nitrogen and oxygen atoms in total. The van der Waals surface area contributed by atoms with Gasteiger partial charge in [0.25, 0.3) is 0 Å². The molecule has 0 aromatic rings. The zero-order chi connectivity index (χ0) is 8.48. The second-order valence-electron chi connectivity index (χ2n) is 4.13. The Morgan fingerprint density at radius 3 is 2.33 bits per heavy atom. The Hall–Kier alpha value is 1.00. The van der Waals surface area contributed by atoms with E-state index in [1.165, 1.54) is 0 Å². The number of hydrogen-bond donors (Lipinski definition) is 0. The zero-order valence-corrected chi connectivity index (χ0v) is 11.2. The first-order valence-corrected chi connectivity index (χ1v) is 5.10. The lowest BCUT2D eigenvalue weighted by atomic mass is 10.3. The van der Waals surface area contributed by atoms with Crippen molar-refractivity contribution >= 4 is 11.8 Å². The van der Waals surface area contributed by atoms with Crippen LogP contribution in [0.2, 0.25) is 0 Å². The number of halogens is 1. The number of ether oxygens (including phenoxy) is 1. The molecular weight excluding hydrogens is 285 g/mol. The first-order chi connectivity index (χ1) is 4.97. The number of hydrogen-bond acceptors (Lipinski definition) is 2. The third-order valence-electron chi connectivity index (χ3n) is 1.65. The first kappa shape index (κ1) is 13.0. The minimum absolute atomic E-state index is 0. The molecule has 74 valence electrons. The van der Waals surface area contributed by atoms with Gasteiger partial charge in [-0.1, -0.05) is 0 Å². The molecule has 0 aromatic heterocycles. The molecule has 1 saturated heterocycles. The average Bonchev–Trinajstić information content (AvgIpc) is 2.10. The Morgan fingerprint density at radius 2 is 2.00 bits per heavy atom. The maximum Gasteiger partial charge on any atom is 0.117 e. The van der Waals surface area contributed by atoms with Crippen molar-refractivity contribution < 1.29 is 33.2 Å². The Morgan fingerprint density at radius 1 is 1.42 bits per heavy atom. The summed E-state index contributed by atoms with van der Waals surface area (Å²) in [6.07, 6.45) is 0.468. The highest BCUT2D eigenvalue weighted by atomic mass is 127. The highest BCUT2D eigenvalue weighted by Crippen LogP contribution is 2.25. The van der Waals surface area contributed by atoms with E-state index in [-0.39, 0.29) is 24.0 Å². The molecule has 0 amide bonds. The van der Waals surface area contributed by atoms with Crippen molar-refractivity contribution in [2.24, 2.45) is 0 Å². The Bertz CT molecular complexity index is 138. The summed E-state index contributed by atoms with van der Waals surface area (Å²) < 4.78 is 6.68. The van der Waals surface area contributed by atoms with Gasteiger partial charge in [0.15, 0.2) is 0 Å². The molecule has 0 spiro atoms. The maximum absolute atomic E-state index is 5.68. The molecule has 0 saturated carbocycles. The molecule has 0 bridgehead atoms. The molecule has 1 heterocycles. The molecule has 0 radical (unpaired) electrons. The van der Waals surface area contributed by atoms with E-state index in [9.17, 15) is 0 Å². The summed E-state index contributed by atoms with van der Waals surface area (Å²) in [4.78, 5) is 0. The quantitative estimate of drug-likeness (QED) is 0.439. The molecular formula is C8H18INOS. The monoisotopic (exact) mass is 303 g/mol. The largest absolute Gasteiger partial charge is 1.00 e. The summed E-state index contributed by atoms with van der Waals surface area (Å²) in [5, 5.41) is 0. The molecule has 1 rings (SSSR count). The van der Waals surface area contributed by atoms with Crippen LogP contribution < -0.4 is 24.0 Å².